The Morgan fingerprint density at radius 3 is 2.76 bits per heavy atom. The summed E-state index contributed by atoms with van der Waals surface area (Å²) < 4.78 is 13.4. The van der Waals surface area contributed by atoms with E-state index in [0.717, 1.165) is 30.5 Å². The summed E-state index contributed by atoms with van der Waals surface area (Å²) in [4.78, 5) is 14.6. The van der Waals surface area contributed by atoms with Crippen LogP contribution in [0.5, 0.6) is 0 Å². The van der Waals surface area contributed by atoms with E-state index in [9.17, 15) is 9.18 Å². The highest BCUT2D eigenvalue weighted by molar-refractivity contribution is 5.97. The first-order valence-corrected chi connectivity index (χ1v) is 7.50. The smallest absolute Gasteiger partial charge is 0.231 e. The molecule has 4 unspecified atom stereocenters. The van der Waals surface area contributed by atoms with Gasteiger partial charge in [0.25, 0.3) is 0 Å². The minimum absolute atomic E-state index is 0. The van der Waals surface area contributed by atoms with Crippen LogP contribution in [0.2, 0.25) is 0 Å². The van der Waals surface area contributed by atoms with Gasteiger partial charge in [-0.2, -0.15) is 0 Å². The van der Waals surface area contributed by atoms with Crippen LogP contribution in [-0.4, -0.2) is 18.5 Å². The van der Waals surface area contributed by atoms with Gasteiger partial charge in [0.15, 0.2) is 0 Å². The maximum Gasteiger partial charge on any atom is 0.231 e. The van der Waals surface area contributed by atoms with Crippen molar-refractivity contribution in [3.05, 3.63) is 29.6 Å². The number of fused-ring (bicyclic) bond motifs is 3. The molecule has 0 aromatic heterocycles. The topological polar surface area (TPSA) is 46.3 Å². The number of nitrogens with zero attached hydrogens (tertiary/aromatic N) is 1. The normalized spacial score (nSPS) is 33.0. The zero-order valence-corrected chi connectivity index (χ0v) is 12.6. The van der Waals surface area contributed by atoms with Crippen molar-refractivity contribution in [2.24, 2.45) is 23.5 Å². The van der Waals surface area contributed by atoms with E-state index in [4.69, 9.17) is 5.73 Å². The van der Waals surface area contributed by atoms with Crippen LogP contribution in [0.25, 0.3) is 0 Å². The van der Waals surface area contributed by atoms with Gasteiger partial charge >= 0.3 is 0 Å². The Morgan fingerprint density at radius 1 is 1.29 bits per heavy atom. The predicted octanol–water partition coefficient (Wildman–Crippen LogP) is 2.51. The minimum atomic E-state index is -0.277. The van der Waals surface area contributed by atoms with Crippen molar-refractivity contribution in [2.45, 2.75) is 31.7 Å². The lowest BCUT2D eigenvalue weighted by molar-refractivity contribution is -0.124. The van der Waals surface area contributed by atoms with Crippen LogP contribution in [0.4, 0.5) is 10.1 Å². The second-order valence-electron chi connectivity index (χ2n) is 6.45. The molecule has 2 saturated carbocycles. The van der Waals surface area contributed by atoms with Crippen LogP contribution in [0.15, 0.2) is 18.2 Å². The second-order valence-corrected chi connectivity index (χ2v) is 6.45. The van der Waals surface area contributed by atoms with E-state index in [-0.39, 0.29) is 36.1 Å². The molecule has 1 aromatic rings. The van der Waals surface area contributed by atoms with Gasteiger partial charge in [-0.15, -0.1) is 12.4 Å². The highest BCUT2D eigenvalue weighted by atomic mass is 35.5. The Labute approximate surface area is 130 Å². The van der Waals surface area contributed by atoms with Gasteiger partial charge in [0.2, 0.25) is 5.91 Å². The first kappa shape index (κ1) is 14.8. The number of hydrogen-bond acceptors (Lipinski definition) is 2. The van der Waals surface area contributed by atoms with Gasteiger partial charge < -0.3 is 10.6 Å². The molecular formula is C16H20ClFN2O. The van der Waals surface area contributed by atoms with Crippen LogP contribution in [-0.2, 0) is 11.2 Å². The van der Waals surface area contributed by atoms with Crippen LogP contribution < -0.4 is 10.6 Å². The molecule has 1 aliphatic heterocycles. The van der Waals surface area contributed by atoms with Crippen molar-refractivity contribution < 1.29 is 9.18 Å². The number of amides is 1. The molecule has 5 heteroatoms. The van der Waals surface area contributed by atoms with Crippen LogP contribution in [0.1, 0.15) is 24.8 Å². The van der Waals surface area contributed by atoms with Crippen molar-refractivity contribution in [1.82, 2.24) is 0 Å². The fourth-order valence-electron chi connectivity index (χ4n) is 4.46. The largest absolute Gasteiger partial charge is 0.327 e. The zero-order chi connectivity index (χ0) is 13.9. The molecule has 1 heterocycles. The van der Waals surface area contributed by atoms with Gasteiger partial charge in [-0.25, -0.2) is 4.39 Å². The predicted molar refractivity (Wildman–Crippen MR) is 82.0 cm³/mol. The van der Waals surface area contributed by atoms with E-state index in [1.165, 1.54) is 18.6 Å². The molecule has 3 aliphatic rings. The molecule has 2 aliphatic carbocycles. The van der Waals surface area contributed by atoms with E-state index in [1.807, 2.05) is 0 Å². The maximum absolute atomic E-state index is 13.4. The van der Waals surface area contributed by atoms with Gasteiger partial charge in [0.1, 0.15) is 5.82 Å². The average Bonchev–Trinajstić information content (AvgIpc) is 3.10. The van der Waals surface area contributed by atoms with Crippen molar-refractivity contribution in [3.8, 4) is 0 Å². The number of carbonyl (C=O) groups is 1. The molecule has 1 amide bonds. The number of carbonyl (C=O) groups excluding carboxylic acids is 1. The van der Waals surface area contributed by atoms with Gasteiger partial charge in [-0.1, -0.05) is 6.07 Å². The molecular weight excluding hydrogens is 291 g/mol. The van der Waals surface area contributed by atoms with E-state index in [0.29, 0.717) is 18.4 Å². The van der Waals surface area contributed by atoms with Gasteiger partial charge in [-0.05, 0) is 55.2 Å². The number of benzene rings is 1. The highest BCUT2D eigenvalue weighted by Crippen LogP contribution is 2.49. The summed E-state index contributed by atoms with van der Waals surface area (Å²) in [6.45, 7) is 0.665. The van der Waals surface area contributed by atoms with E-state index < -0.39 is 0 Å². The van der Waals surface area contributed by atoms with Gasteiger partial charge in [0, 0.05) is 18.3 Å². The number of nitrogens with two attached hydrogens (primary N) is 1. The third kappa shape index (κ3) is 2.16. The Bertz CT molecular complexity index is 577. The van der Waals surface area contributed by atoms with Gasteiger partial charge in [-0.3, -0.25) is 4.79 Å². The summed E-state index contributed by atoms with van der Waals surface area (Å²) in [6.07, 6.45) is 4.21. The monoisotopic (exact) mass is 310 g/mol. The van der Waals surface area contributed by atoms with Crippen molar-refractivity contribution in [1.29, 1.82) is 0 Å². The van der Waals surface area contributed by atoms with Crippen LogP contribution in [0.3, 0.4) is 0 Å². The molecule has 0 radical (unpaired) electrons. The molecule has 3 nitrogen and oxygen atoms in total. The van der Waals surface area contributed by atoms with Crippen molar-refractivity contribution in [3.63, 3.8) is 0 Å². The van der Waals surface area contributed by atoms with E-state index in [1.54, 1.807) is 11.0 Å². The number of rotatable bonds is 1. The minimum Gasteiger partial charge on any atom is -0.327 e. The summed E-state index contributed by atoms with van der Waals surface area (Å²) in [6, 6.07) is 4.74. The molecule has 0 spiro atoms. The molecule has 1 aromatic carbocycles. The zero-order valence-electron chi connectivity index (χ0n) is 11.8. The quantitative estimate of drug-likeness (QED) is 0.866. The molecule has 2 fully saturated rings. The molecule has 21 heavy (non-hydrogen) atoms. The molecule has 2 bridgehead atoms. The molecule has 114 valence electrons. The summed E-state index contributed by atoms with van der Waals surface area (Å²) in [5, 5.41) is 0. The van der Waals surface area contributed by atoms with E-state index in [2.05, 4.69) is 0 Å². The van der Waals surface area contributed by atoms with Crippen LogP contribution in [0, 0.1) is 23.6 Å². The maximum atomic E-state index is 13.4. The Balaban J connectivity index is 0.00000132. The fourth-order valence-corrected chi connectivity index (χ4v) is 4.46. The standard InChI is InChI=1S/C16H19FN2O.ClH/c17-12-4-3-9-5-6-19(13(9)8-12)16(20)14-10-1-2-11(7-10)15(14)18;/h3-4,8,10-11,14-15H,1-2,5-7,18H2;1H. The lowest BCUT2D eigenvalue weighted by atomic mass is 9.84. The van der Waals surface area contributed by atoms with Crippen LogP contribution >= 0.6 is 12.4 Å². The molecule has 0 saturated heterocycles. The summed E-state index contributed by atoms with van der Waals surface area (Å²) >= 11 is 0. The lowest BCUT2D eigenvalue weighted by Gasteiger charge is -2.31. The number of hydrogen-bond donors (Lipinski definition) is 1. The summed E-state index contributed by atoms with van der Waals surface area (Å²) in [5.74, 6) is 0.751. The third-order valence-corrected chi connectivity index (χ3v) is 5.47. The SMILES string of the molecule is Cl.NC1C2CCC(C2)C1C(=O)N1CCc2ccc(F)cc21. The molecule has 4 atom stereocenters. The Kier molecular flexibility index (Phi) is 3.70. The summed E-state index contributed by atoms with van der Waals surface area (Å²) in [5.41, 5.74) is 8.08. The molecule has 2 N–H and O–H groups in total. The number of halogens is 2. The number of anilines is 1. The summed E-state index contributed by atoms with van der Waals surface area (Å²) in [7, 11) is 0. The third-order valence-electron chi connectivity index (χ3n) is 5.47. The fraction of sp³-hybridized carbons (Fsp3) is 0.562. The Morgan fingerprint density at radius 2 is 2.05 bits per heavy atom. The Hall–Kier alpha value is -1.13. The van der Waals surface area contributed by atoms with Crippen molar-refractivity contribution in [2.75, 3.05) is 11.4 Å². The first-order chi connectivity index (χ1) is 9.65. The van der Waals surface area contributed by atoms with Crippen molar-refractivity contribution >= 4 is 24.0 Å². The first-order valence-electron chi connectivity index (χ1n) is 7.50. The lowest BCUT2D eigenvalue weighted by Crippen LogP contribution is -2.46. The van der Waals surface area contributed by atoms with E-state index >= 15 is 0 Å². The molecule has 4 rings (SSSR count). The average molecular weight is 311 g/mol. The van der Waals surface area contributed by atoms with Gasteiger partial charge in [0.05, 0.1) is 5.92 Å². The highest BCUT2D eigenvalue weighted by Gasteiger charge is 2.50. The second kappa shape index (κ2) is 5.25.